The molecule has 4 aliphatic rings. The van der Waals surface area contributed by atoms with E-state index < -0.39 is 211 Å². The van der Waals surface area contributed by atoms with E-state index in [1.807, 2.05) is 0 Å². The highest BCUT2D eigenvalue weighted by atomic mass is 16.7. The summed E-state index contributed by atoms with van der Waals surface area (Å²) in [6, 6.07) is 2.54. The predicted octanol–water partition coefficient (Wildman–Crippen LogP) is -0.144. The Morgan fingerprint density at radius 3 is 1.80 bits per heavy atom. The monoisotopic (exact) mass is 998 g/mol. The van der Waals surface area contributed by atoms with Gasteiger partial charge in [0.25, 0.3) is 0 Å². The summed E-state index contributed by atoms with van der Waals surface area (Å²) in [4.78, 5) is 95.9. The third kappa shape index (κ3) is 7.61. The first-order valence-corrected chi connectivity index (χ1v) is 20.0. The standard InChI is InChI=1S/C43H34O28/c1-63-20(49)8-43-24(34(40(61)64-2)69-42(43)62)23-13(7-18(48)28(53)33(23)71-43)39(60)67-32-19-9-65-37(58)11-5-16(46)26(51)29(54)21(11)22-12(6-17(47)27(52)30(22)55)38(59)68-35(32)31(56)41(66-19)70-36(57)10-3-14(44)25(50)15(45)4-10/h3-7,19,24,31-32,34-35,41,44-48,50-56H,8-9H2,1-2H3/t19-,24+,31-,32-,34+,35-,41-,43+/m0/s1. The Labute approximate surface area is 392 Å². The van der Waals surface area contributed by atoms with Crippen LogP contribution in [0.25, 0.3) is 11.1 Å². The number of hydrogen-bond acceptors (Lipinski definition) is 28. The van der Waals surface area contributed by atoms with Gasteiger partial charge < -0.3 is 104 Å². The molecule has 0 spiro atoms. The minimum Gasteiger partial charge on any atom is -0.504 e. The van der Waals surface area contributed by atoms with E-state index in [4.69, 9.17) is 42.6 Å². The number of rotatable bonds is 7. The average Bonchev–Trinajstić information content (AvgIpc) is 3.81. The van der Waals surface area contributed by atoms with Crippen molar-refractivity contribution in [3.63, 3.8) is 0 Å². The highest BCUT2D eigenvalue weighted by Crippen LogP contribution is 2.60. The molecule has 0 aliphatic carbocycles. The molecule has 4 aromatic carbocycles. The zero-order valence-electron chi connectivity index (χ0n) is 35.7. The lowest BCUT2D eigenvalue weighted by atomic mass is 9.78. The van der Waals surface area contributed by atoms with Crippen molar-refractivity contribution in [3.8, 4) is 80.1 Å². The van der Waals surface area contributed by atoms with Gasteiger partial charge in [-0.15, -0.1) is 0 Å². The van der Waals surface area contributed by atoms with Gasteiger partial charge in [-0.25, -0.2) is 28.8 Å². The van der Waals surface area contributed by atoms with Crippen LogP contribution in [-0.4, -0.2) is 166 Å². The fourth-order valence-corrected chi connectivity index (χ4v) is 8.39. The van der Waals surface area contributed by atoms with Crippen molar-refractivity contribution in [1.29, 1.82) is 0 Å². The van der Waals surface area contributed by atoms with Crippen molar-refractivity contribution < 1.29 is 137 Å². The van der Waals surface area contributed by atoms with E-state index in [2.05, 4.69) is 0 Å². The molecule has 374 valence electrons. The maximum Gasteiger partial charge on any atom is 0.352 e. The average molecular weight is 999 g/mol. The molecule has 4 heterocycles. The van der Waals surface area contributed by atoms with E-state index in [-0.39, 0.29) is 0 Å². The van der Waals surface area contributed by atoms with Crippen molar-refractivity contribution in [1.82, 2.24) is 0 Å². The van der Waals surface area contributed by atoms with Crippen LogP contribution in [-0.2, 0) is 52.3 Å². The second-order valence-electron chi connectivity index (χ2n) is 15.8. The molecular weight excluding hydrogens is 964 g/mol. The van der Waals surface area contributed by atoms with Crippen LogP contribution in [0.1, 0.15) is 59.3 Å². The Bertz CT molecular complexity index is 2990. The van der Waals surface area contributed by atoms with Gasteiger partial charge in [0.1, 0.15) is 12.7 Å². The minimum atomic E-state index is -2.61. The van der Waals surface area contributed by atoms with E-state index in [0.717, 1.165) is 14.2 Å². The number of aromatic hydroxyl groups is 11. The first-order valence-electron chi connectivity index (χ1n) is 20.0. The number of carbonyl (C=O) groups is 7. The number of aliphatic hydroxyl groups is 1. The molecule has 12 N–H and O–H groups in total. The van der Waals surface area contributed by atoms with Crippen LogP contribution in [0.2, 0.25) is 0 Å². The minimum absolute atomic E-state index is 0.383. The summed E-state index contributed by atoms with van der Waals surface area (Å²) in [7, 11) is 1.79. The van der Waals surface area contributed by atoms with Gasteiger partial charge in [-0.05, 0) is 30.3 Å². The van der Waals surface area contributed by atoms with E-state index in [1.54, 1.807) is 0 Å². The molecule has 71 heavy (non-hydrogen) atoms. The number of carbonyl (C=O) groups excluding carboxylic acids is 7. The number of fused-ring (bicyclic) bond motifs is 8. The number of cyclic esters (lactones) is 2. The predicted molar refractivity (Wildman–Crippen MR) is 216 cm³/mol. The highest BCUT2D eigenvalue weighted by Gasteiger charge is 2.69. The van der Waals surface area contributed by atoms with Gasteiger partial charge in [0.05, 0.1) is 48.8 Å². The van der Waals surface area contributed by atoms with E-state index >= 15 is 0 Å². The number of phenolic OH excluding ortho intramolecular Hbond substituents is 11. The molecular formula is C43H34O28. The molecule has 8 atom stereocenters. The summed E-state index contributed by atoms with van der Waals surface area (Å²) in [6.07, 6.45) is -15.3. The van der Waals surface area contributed by atoms with Gasteiger partial charge in [0.2, 0.25) is 35.2 Å². The van der Waals surface area contributed by atoms with Gasteiger partial charge in [0, 0.05) is 16.7 Å². The SMILES string of the molecule is COC(=O)C[C@@]12Oc3c(O)c(O)cc(C(=O)O[C@@H]4[C@H]5OC(=O)c6cc(O)c(O)c(O)c6-c6c(cc(O)c(O)c6O)C(=O)OC[C@@H]4O[C@@H](OC(=O)c4cc(O)c(O)c(O)c4)[C@H]5O)c3[C@@H]1[C@H](C(=O)OC)OC2=O. The van der Waals surface area contributed by atoms with Crippen LogP contribution in [0.15, 0.2) is 30.3 Å². The summed E-state index contributed by atoms with van der Waals surface area (Å²) in [5.41, 5.74) is -9.24. The molecule has 0 amide bonds. The molecule has 4 aliphatic heterocycles. The van der Waals surface area contributed by atoms with E-state index in [0.29, 0.717) is 30.3 Å². The number of ether oxygens (including phenoxy) is 9. The quantitative estimate of drug-likeness (QED) is 0.0651. The van der Waals surface area contributed by atoms with Gasteiger partial charge in [-0.1, -0.05) is 0 Å². The lowest BCUT2D eigenvalue weighted by molar-refractivity contribution is -0.283. The summed E-state index contributed by atoms with van der Waals surface area (Å²) in [5, 5.41) is 128. The zero-order valence-corrected chi connectivity index (χ0v) is 35.7. The van der Waals surface area contributed by atoms with Gasteiger partial charge in [-0.2, -0.15) is 0 Å². The normalized spacial score (nSPS) is 24.1. The number of esters is 7. The Morgan fingerprint density at radius 2 is 1.23 bits per heavy atom. The Hall–Kier alpha value is -9.31. The topological polar surface area (TPSA) is 445 Å². The summed E-state index contributed by atoms with van der Waals surface area (Å²) >= 11 is 0. The molecule has 2 bridgehead atoms. The maximum atomic E-state index is 14.7. The van der Waals surface area contributed by atoms with E-state index in [9.17, 15) is 94.8 Å². The van der Waals surface area contributed by atoms with Crippen LogP contribution in [0.3, 0.4) is 0 Å². The number of benzene rings is 4. The third-order valence-corrected chi connectivity index (χ3v) is 11.7. The zero-order chi connectivity index (χ0) is 51.9. The maximum absolute atomic E-state index is 14.7. The summed E-state index contributed by atoms with van der Waals surface area (Å²) in [5.74, 6) is -27.1. The van der Waals surface area contributed by atoms with Crippen LogP contribution < -0.4 is 4.74 Å². The van der Waals surface area contributed by atoms with Crippen LogP contribution >= 0.6 is 0 Å². The van der Waals surface area contributed by atoms with Gasteiger partial charge >= 0.3 is 41.8 Å². The Morgan fingerprint density at radius 1 is 0.662 bits per heavy atom. The first-order chi connectivity index (χ1) is 33.4. The van der Waals surface area contributed by atoms with Gasteiger partial charge in [-0.3, -0.25) is 4.79 Å². The Kier molecular flexibility index (Phi) is 11.8. The molecule has 0 unspecified atom stereocenters. The second-order valence-corrected chi connectivity index (χ2v) is 15.8. The van der Waals surface area contributed by atoms with Crippen molar-refractivity contribution in [2.75, 3.05) is 20.8 Å². The van der Waals surface area contributed by atoms with Crippen LogP contribution in [0.5, 0.6) is 69.0 Å². The second kappa shape index (κ2) is 17.3. The van der Waals surface area contributed by atoms with Gasteiger partial charge in [0.15, 0.2) is 70.1 Å². The van der Waals surface area contributed by atoms with E-state index in [1.165, 1.54) is 0 Å². The highest BCUT2D eigenvalue weighted by molar-refractivity contribution is 6.08. The van der Waals surface area contributed by atoms with Crippen molar-refractivity contribution in [3.05, 3.63) is 58.1 Å². The molecule has 8 rings (SSSR count). The molecule has 2 fully saturated rings. The molecule has 0 saturated carbocycles. The first kappa shape index (κ1) is 48.2. The third-order valence-electron chi connectivity index (χ3n) is 11.7. The fourth-order valence-electron chi connectivity index (χ4n) is 8.39. The molecule has 28 heteroatoms. The molecule has 28 nitrogen and oxygen atoms in total. The smallest absolute Gasteiger partial charge is 0.352 e. The largest absolute Gasteiger partial charge is 0.504 e. The molecule has 4 aromatic rings. The number of phenols is 11. The summed E-state index contributed by atoms with van der Waals surface area (Å²) in [6.45, 7) is -1.28. The lowest BCUT2D eigenvalue weighted by Crippen LogP contribution is -2.62. The van der Waals surface area contributed by atoms with Crippen LogP contribution in [0, 0.1) is 0 Å². The number of hydrogen-bond donors (Lipinski definition) is 12. The van der Waals surface area contributed by atoms with Crippen molar-refractivity contribution in [2.45, 2.75) is 54.7 Å². The molecule has 0 radical (unpaired) electrons. The van der Waals surface area contributed by atoms with Crippen molar-refractivity contribution >= 4 is 41.8 Å². The van der Waals surface area contributed by atoms with Crippen molar-refractivity contribution in [2.24, 2.45) is 0 Å². The number of methoxy groups -OCH3 is 2. The Balaban J connectivity index is 1.29. The lowest BCUT2D eigenvalue weighted by Gasteiger charge is -2.42. The summed E-state index contributed by atoms with van der Waals surface area (Å²) < 4.78 is 48.2. The molecule has 2 saturated heterocycles. The molecule has 0 aromatic heterocycles. The number of aliphatic hydroxyl groups excluding tert-OH is 1. The van der Waals surface area contributed by atoms with Crippen LogP contribution in [0.4, 0.5) is 0 Å². The fraction of sp³-hybridized carbons (Fsp3) is 0.279.